The average Bonchev–Trinajstić information content (AvgIpc) is 2.76. The highest BCUT2D eigenvalue weighted by Gasteiger charge is 2.25. The first-order chi connectivity index (χ1) is 14.9. The molecule has 2 aromatic carbocycles. The largest absolute Gasteiger partial charge is 0.478 e. The summed E-state index contributed by atoms with van der Waals surface area (Å²) in [6.07, 6.45) is 1.82. The first kappa shape index (κ1) is 21.0. The molecular formula is C24H25ClN4O2. The second kappa shape index (κ2) is 8.86. The van der Waals surface area contributed by atoms with E-state index in [1.54, 1.807) is 12.1 Å². The number of aromatic nitrogens is 1. The first-order valence-electron chi connectivity index (χ1n) is 10.2. The molecule has 6 nitrogen and oxygen atoms in total. The van der Waals surface area contributed by atoms with E-state index < -0.39 is 5.97 Å². The third-order valence-corrected chi connectivity index (χ3v) is 5.84. The van der Waals surface area contributed by atoms with Gasteiger partial charge in [-0.05, 0) is 48.4 Å². The highest BCUT2D eigenvalue weighted by Crippen LogP contribution is 2.39. The van der Waals surface area contributed by atoms with Crippen LogP contribution in [0.1, 0.15) is 34.5 Å². The Kier molecular flexibility index (Phi) is 6.00. The van der Waals surface area contributed by atoms with Crippen molar-refractivity contribution in [1.82, 2.24) is 4.98 Å². The van der Waals surface area contributed by atoms with Crippen molar-refractivity contribution in [3.63, 3.8) is 0 Å². The van der Waals surface area contributed by atoms with Crippen LogP contribution in [0, 0.1) is 0 Å². The van der Waals surface area contributed by atoms with Gasteiger partial charge in [0.1, 0.15) is 5.69 Å². The van der Waals surface area contributed by atoms with Crippen molar-refractivity contribution in [3.8, 4) is 0 Å². The number of rotatable bonds is 6. The molecule has 2 heterocycles. The lowest BCUT2D eigenvalue weighted by molar-refractivity contribution is 0.0697. The third kappa shape index (κ3) is 4.59. The zero-order valence-electron chi connectivity index (χ0n) is 17.5. The maximum atomic E-state index is 11.1. The van der Waals surface area contributed by atoms with Crippen molar-refractivity contribution in [1.29, 1.82) is 0 Å². The van der Waals surface area contributed by atoms with Crippen molar-refractivity contribution < 1.29 is 9.90 Å². The van der Waals surface area contributed by atoms with Crippen molar-refractivity contribution in [2.75, 3.05) is 35.3 Å². The number of fused-ring (bicyclic) bond motifs is 1. The molecule has 1 atom stereocenters. The minimum atomic E-state index is -0.925. The van der Waals surface area contributed by atoms with Crippen LogP contribution in [0.25, 0.3) is 0 Å². The number of carbonyl (C=O) groups is 1. The lowest BCUT2D eigenvalue weighted by Gasteiger charge is -2.38. The fraction of sp³-hybridized carbons (Fsp3) is 0.250. The highest BCUT2D eigenvalue weighted by atomic mass is 35.5. The number of hydrogen-bond donors (Lipinski definition) is 2. The number of benzene rings is 2. The average molecular weight is 437 g/mol. The Balaban J connectivity index is 1.63. The summed E-state index contributed by atoms with van der Waals surface area (Å²) in [5.41, 5.74) is 4.61. The Labute approximate surface area is 187 Å². The van der Waals surface area contributed by atoms with Gasteiger partial charge in [0.2, 0.25) is 0 Å². The summed E-state index contributed by atoms with van der Waals surface area (Å²) in [7, 11) is 2.09. The molecule has 0 fully saturated rings. The Morgan fingerprint density at radius 2 is 1.97 bits per heavy atom. The van der Waals surface area contributed by atoms with E-state index in [9.17, 15) is 4.79 Å². The number of aromatic carboxylic acids is 1. The Morgan fingerprint density at radius 1 is 1.19 bits per heavy atom. The fourth-order valence-electron chi connectivity index (χ4n) is 3.89. The number of carboxylic acids is 1. The molecule has 1 aliphatic heterocycles. The molecule has 0 bridgehead atoms. The lowest BCUT2D eigenvalue weighted by atomic mass is 10.1. The molecule has 31 heavy (non-hydrogen) atoms. The summed E-state index contributed by atoms with van der Waals surface area (Å²) in [6, 6.07) is 16.9. The number of carboxylic acid groups (broad SMARTS) is 1. The van der Waals surface area contributed by atoms with Crippen LogP contribution in [0.5, 0.6) is 0 Å². The van der Waals surface area contributed by atoms with Crippen LogP contribution in [-0.2, 0) is 6.54 Å². The van der Waals surface area contributed by atoms with Gasteiger partial charge in [0, 0.05) is 37.9 Å². The van der Waals surface area contributed by atoms with Gasteiger partial charge in [-0.25, -0.2) is 9.78 Å². The summed E-state index contributed by atoms with van der Waals surface area (Å²) >= 11 is 6.20. The molecule has 7 heteroatoms. The van der Waals surface area contributed by atoms with Gasteiger partial charge in [0.05, 0.1) is 17.3 Å². The molecule has 0 spiro atoms. The summed E-state index contributed by atoms with van der Waals surface area (Å²) < 4.78 is 0. The second-order valence-corrected chi connectivity index (χ2v) is 8.23. The Bertz CT molecular complexity index is 1090. The smallest absolute Gasteiger partial charge is 0.335 e. The molecule has 1 aromatic heterocycles. The third-order valence-electron chi connectivity index (χ3n) is 5.61. The number of anilines is 3. The Hall–Kier alpha value is -3.25. The van der Waals surface area contributed by atoms with Crippen molar-refractivity contribution in [2.45, 2.75) is 19.5 Å². The van der Waals surface area contributed by atoms with E-state index in [1.165, 1.54) is 0 Å². The SMILES string of the molecule is CC(Nc1nccc2c1N(Cc1cccc(Cl)c1)CCN2C)c1ccc(C(=O)O)cc1. The topological polar surface area (TPSA) is 68.7 Å². The van der Waals surface area contributed by atoms with Gasteiger partial charge in [0.25, 0.3) is 0 Å². The molecule has 0 saturated heterocycles. The number of nitrogens with zero attached hydrogens (tertiary/aromatic N) is 3. The Morgan fingerprint density at radius 3 is 2.68 bits per heavy atom. The fourth-order valence-corrected chi connectivity index (χ4v) is 4.10. The minimum Gasteiger partial charge on any atom is -0.478 e. The second-order valence-electron chi connectivity index (χ2n) is 7.79. The van der Waals surface area contributed by atoms with E-state index in [-0.39, 0.29) is 11.6 Å². The van der Waals surface area contributed by atoms with Gasteiger partial charge in [-0.2, -0.15) is 0 Å². The van der Waals surface area contributed by atoms with Crippen LogP contribution >= 0.6 is 11.6 Å². The van der Waals surface area contributed by atoms with Gasteiger partial charge in [-0.3, -0.25) is 0 Å². The van der Waals surface area contributed by atoms with Crippen LogP contribution < -0.4 is 15.1 Å². The molecule has 0 saturated carbocycles. The van der Waals surface area contributed by atoms with E-state index in [0.29, 0.717) is 0 Å². The van der Waals surface area contributed by atoms with Gasteiger partial charge in [0.15, 0.2) is 5.82 Å². The summed E-state index contributed by atoms with van der Waals surface area (Å²) in [6.45, 7) is 4.58. The first-order valence-corrected chi connectivity index (χ1v) is 10.6. The number of likely N-dealkylation sites (N-methyl/N-ethyl adjacent to an activating group) is 1. The maximum absolute atomic E-state index is 11.1. The normalized spacial score (nSPS) is 14.2. The highest BCUT2D eigenvalue weighted by molar-refractivity contribution is 6.30. The van der Waals surface area contributed by atoms with Gasteiger partial charge < -0.3 is 20.2 Å². The number of pyridine rings is 1. The molecule has 3 aromatic rings. The molecular weight excluding hydrogens is 412 g/mol. The summed E-state index contributed by atoms with van der Waals surface area (Å²) in [5, 5.41) is 13.4. The molecule has 0 radical (unpaired) electrons. The van der Waals surface area contributed by atoms with Gasteiger partial charge in [-0.1, -0.05) is 35.9 Å². The predicted molar refractivity (Wildman–Crippen MR) is 125 cm³/mol. The van der Waals surface area contributed by atoms with E-state index in [1.807, 2.05) is 49.5 Å². The minimum absolute atomic E-state index is 0.0397. The van der Waals surface area contributed by atoms with E-state index >= 15 is 0 Å². The van der Waals surface area contributed by atoms with E-state index in [4.69, 9.17) is 16.7 Å². The number of halogens is 1. The van der Waals surface area contributed by atoms with Crippen LogP contribution in [0.15, 0.2) is 60.8 Å². The van der Waals surface area contributed by atoms with Gasteiger partial charge >= 0.3 is 5.97 Å². The van der Waals surface area contributed by atoms with Crippen molar-refractivity contribution in [3.05, 3.63) is 82.5 Å². The van der Waals surface area contributed by atoms with Crippen LogP contribution in [-0.4, -0.2) is 36.2 Å². The van der Waals surface area contributed by atoms with Crippen LogP contribution in [0.2, 0.25) is 5.02 Å². The van der Waals surface area contributed by atoms with Crippen LogP contribution in [0.4, 0.5) is 17.2 Å². The molecule has 1 aliphatic rings. The van der Waals surface area contributed by atoms with Crippen molar-refractivity contribution in [2.24, 2.45) is 0 Å². The molecule has 1 unspecified atom stereocenters. The van der Waals surface area contributed by atoms with E-state index in [0.717, 1.165) is 53.0 Å². The summed E-state index contributed by atoms with van der Waals surface area (Å²) in [5.74, 6) is -0.119. The van der Waals surface area contributed by atoms with Crippen molar-refractivity contribution >= 4 is 34.8 Å². The van der Waals surface area contributed by atoms with E-state index in [2.05, 4.69) is 33.2 Å². The number of nitrogens with one attached hydrogen (secondary N) is 1. The van der Waals surface area contributed by atoms with Crippen LogP contribution in [0.3, 0.4) is 0 Å². The predicted octanol–water partition coefficient (Wildman–Crippen LogP) is 5.06. The zero-order valence-corrected chi connectivity index (χ0v) is 18.3. The summed E-state index contributed by atoms with van der Waals surface area (Å²) in [4.78, 5) is 20.3. The molecule has 0 aliphatic carbocycles. The zero-order chi connectivity index (χ0) is 22.0. The maximum Gasteiger partial charge on any atom is 0.335 e. The monoisotopic (exact) mass is 436 g/mol. The standard InChI is InChI=1S/C24H25ClN4O2/c1-16(18-6-8-19(9-7-18)24(30)31)27-23-22-21(10-11-26-23)28(2)12-13-29(22)15-17-4-3-5-20(25)14-17/h3-11,14,16H,12-13,15H2,1-2H3,(H,26,27)(H,30,31). The quantitative estimate of drug-likeness (QED) is 0.562. The molecule has 2 N–H and O–H groups in total. The molecule has 4 rings (SSSR count). The lowest BCUT2D eigenvalue weighted by Crippen LogP contribution is -2.39. The number of hydrogen-bond acceptors (Lipinski definition) is 5. The molecule has 160 valence electrons. The van der Waals surface area contributed by atoms with Gasteiger partial charge in [-0.15, -0.1) is 0 Å². The molecule has 0 amide bonds.